The van der Waals surface area contributed by atoms with E-state index in [0.717, 1.165) is 17.0 Å². The van der Waals surface area contributed by atoms with Gasteiger partial charge in [-0.2, -0.15) is 10.4 Å². The van der Waals surface area contributed by atoms with Gasteiger partial charge in [0.05, 0.1) is 30.5 Å². The molecule has 1 aliphatic heterocycles. The third-order valence-corrected chi connectivity index (χ3v) is 4.79. The fraction of sp³-hybridized carbons (Fsp3) is 0.400. The molecule has 1 N–H and O–H groups in total. The van der Waals surface area contributed by atoms with Crippen molar-refractivity contribution in [3.8, 4) is 6.07 Å². The molecule has 0 aromatic carbocycles. The molecule has 0 spiro atoms. The Labute approximate surface area is 132 Å². The van der Waals surface area contributed by atoms with E-state index in [1.165, 1.54) is 11.3 Å². The highest BCUT2D eigenvalue weighted by molar-refractivity contribution is 7.12. The summed E-state index contributed by atoms with van der Waals surface area (Å²) in [4.78, 5) is 15.2. The van der Waals surface area contributed by atoms with Gasteiger partial charge < -0.3 is 9.64 Å². The zero-order valence-corrected chi connectivity index (χ0v) is 13.2. The third kappa shape index (κ3) is 2.40. The average molecular weight is 316 g/mol. The molecule has 1 aliphatic rings. The van der Waals surface area contributed by atoms with E-state index in [-0.39, 0.29) is 11.9 Å². The Kier molecular flexibility index (Phi) is 3.96. The second kappa shape index (κ2) is 5.91. The predicted molar refractivity (Wildman–Crippen MR) is 81.7 cm³/mol. The van der Waals surface area contributed by atoms with E-state index in [0.29, 0.717) is 30.2 Å². The summed E-state index contributed by atoms with van der Waals surface area (Å²) in [5.41, 5.74) is 3.25. The molecule has 1 amide bonds. The minimum absolute atomic E-state index is 0.111. The smallest absolute Gasteiger partial charge is 0.265 e. The van der Waals surface area contributed by atoms with Gasteiger partial charge in [0.1, 0.15) is 10.9 Å². The number of ether oxygens (including phenoxy) is 1. The van der Waals surface area contributed by atoms with Crippen LogP contribution in [0, 0.1) is 25.2 Å². The molecule has 3 heterocycles. The lowest BCUT2D eigenvalue weighted by atomic mass is 10.0. The third-order valence-electron chi connectivity index (χ3n) is 3.89. The molecule has 1 saturated heterocycles. The lowest BCUT2D eigenvalue weighted by Crippen LogP contribution is -2.43. The number of carbonyl (C=O) groups is 1. The summed E-state index contributed by atoms with van der Waals surface area (Å²) in [5.74, 6) is -0.111. The zero-order valence-electron chi connectivity index (χ0n) is 12.4. The molecular formula is C15H16N4O2S. The molecule has 7 heteroatoms. The Hall–Kier alpha value is -2.17. The first-order valence-corrected chi connectivity index (χ1v) is 7.89. The highest BCUT2D eigenvalue weighted by Crippen LogP contribution is 2.31. The van der Waals surface area contributed by atoms with E-state index >= 15 is 0 Å². The molecule has 22 heavy (non-hydrogen) atoms. The van der Waals surface area contributed by atoms with Gasteiger partial charge in [0.2, 0.25) is 0 Å². The second-order valence-electron chi connectivity index (χ2n) is 5.21. The number of amides is 1. The van der Waals surface area contributed by atoms with E-state index < -0.39 is 0 Å². The molecule has 1 atom stereocenters. The van der Waals surface area contributed by atoms with Crippen molar-refractivity contribution in [3.05, 3.63) is 38.8 Å². The molecule has 6 nitrogen and oxygen atoms in total. The zero-order chi connectivity index (χ0) is 15.7. The number of morpholine rings is 1. The first-order chi connectivity index (χ1) is 10.6. The van der Waals surface area contributed by atoms with Crippen molar-refractivity contribution >= 4 is 17.2 Å². The van der Waals surface area contributed by atoms with E-state index in [4.69, 9.17) is 10.00 Å². The Morgan fingerprint density at radius 3 is 3.09 bits per heavy atom. The number of nitriles is 1. The van der Waals surface area contributed by atoms with Crippen LogP contribution in [-0.2, 0) is 4.74 Å². The normalized spacial score (nSPS) is 18.2. The standard InChI is InChI=1S/C15H16N4O2S/c1-9-13(10(2)18-17-9)12-8-21-5-4-19(12)15(20)14-11(7-16)3-6-22-14/h3,6,12H,4-5,8H2,1-2H3,(H,17,18)/t12-/m1/s1. The van der Waals surface area contributed by atoms with E-state index in [2.05, 4.69) is 16.3 Å². The number of aromatic amines is 1. The van der Waals surface area contributed by atoms with Crippen LogP contribution in [0.5, 0.6) is 0 Å². The molecule has 0 radical (unpaired) electrons. The van der Waals surface area contributed by atoms with Crippen LogP contribution in [0.15, 0.2) is 11.4 Å². The number of rotatable bonds is 2. The van der Waals surface area contributed by atoms with Crippen molar-refractivity contribution in [1.29, 1.82) is 5.26 Å². The van der Waals surface area contributed by atoms with Crippen molar-refractivity contribution in [2.45, 2.75) is 19.9 Å². The average Bonchev–Trinajstić information content (AvgIpc) is 3.13. The van der Waals surface area contributed by atoms with Gasteiger partial charge in [-0.05, 0) is 25.3 Å². The van der Waals surface area contributed by atoms with Crippen LogP contribution in [0.2, 0.25) is 0 Å². The lowest BCUT2D eigenvalue weighted by Gasteiger charge is -2.35. The first-order valence-electron chi connectivity index (χ1n) is 7.01. The summed E-state index contributed by atoms with van der Waals surface area (Å²) in [6.07, 6.45) is 0. The van der Waals surface area contributed by atoms with Crippen molar-refractivity contribution in [3.63, 3.8) is 0 Å². The number of aromatic nitrogens is 2. The van der Waals surface area contributed by atoms with Gasteiger partial charge in [-0.25, -0.2) is 0 Å². The topological polar surface area (TPSA) is 82.0 Å². The van der Waals surface area contributed by atoms with E-state index in [1.807, 2.05) is 13.8 Å². The van der Waals surface area contributed by atoms with Gasteiger partial charge in [-0.1, -0.05) is 0 Å². The molecule has 3 rings (SSSR count). The fourth-order valence-electron chi connectivity index (χ4n) is 2.83. The lowest BCUT2D eigenvalue weighted by molar-refractivity contribution is -0.00276. The van der Waals surface area contributed by atoms with Crippen LogP contribution in [0.1, 0.15) is 38.2 Å². The van der Waals surface area contributed by atoms with Crippen LogP contribution in [0.3, 0.4) is 0 Å². The molecule has 2 aromatic heterocycles. The summed E-state index contributed by atoms with van der Waals surface area (Å²) >= 11 is 1.31. The monoisotopic (exact) mass is 316 g/mol. The molecule has 2 aromatic rings. The van der Waals surface area contributed by atoms with Crippen molar-refractivity contribution in [2.24, 2.45) is 0 Å². The van der Waals surface area contributed by atoms with Crippen molar-refractivity contribution in [1.82, 2.24) is 15.1 Å². The fourth-order valence-corrected chi connectivity index (χ4v) is 3.63. The number of nitrogens with one attached hydrogen (secondary N) is 1. The quantitative estimate of drug-likeness (QED) is 0.920. The number of H-pyrrole nitrogens is 1. The second-order valence-corrected chi connectivity index (χ2v) is 6.13. The Bertz CT molecular complexity index is 724. The number of hydrogen-bond acceptors (Lipinski definition) is 5. The Morgan fingerprint density at radius 2 is 2.41 bits per heavy atom. The number of carbonyl (C=O) groups excluding carboxylic acids is 1. The predicted octanol–water partition coefficient (Wildman–Crippen LogP) is 2.17. The van der Waals surface area contributed by atoms with Crippen LogP contribution < -0.4 is 0 Å². The Morgan fingerprint density at radius 1 is 1.59 bits per heavy atom. The van der Waals surface area contributed by atoms with E-state index in [1.54, 1.807) is 16.3 Å². The van der Waals surface area contributed by atoms with Gasteiger partial charge in [0.15, 0.2) is 0 Å². The van der Waals surface area contributed by atoms with Gasteiger partial charge in [0.25, 0.3) is 5.91 Å². The maximum absolute atomic E-state index is 12.9. The summed E-state index contributed by atoms with van der Waals surface area (Å²) in [6.45, 7) is 5.32. The van der Waals surface area contributed by atoms with Crippen molar-refractivity contribution in [2.75, 3.05) is 19.8 Å². The number of hydrogen-bond donors (Lipinski definition) is 1. The maximum atomic E-state index is 12.9. The SMILES string of the molecule is Cc1n[nH]c(C)c1[C@H]1COCCN1C(=O)c1sccc1C#N. The van der Waals surface area contributed by atoms with Gasteiger partial charge >= 0.3 is 0 Å². The largest absolute Gasteiger partial charge is 0.377 e. The highest BCUT2D eigenvalue weighted by Gasteiger charge is 2.33. The molecule has 1 fully saturated rings. The number of nitrogens with zero attached hydrogens (tertiary/aromatic N) is 3. The molecule has 0 unspecified atom stereocenters. The van der Waals surface area contributed by atoms with Crippen molar-refractivity contribution < 1.29 is 9.53 Å². The highest BCUT2D eigenvalue weighted by atomic mass is 32.1. The number of thiophene rings is 1. The molecule has 0 saturated carbocycles. The first kappa shape index (κ1) is 14.8. The van der Waals surface area contributed by atoms with E-state index in [9.17, 15) is 4.79 Å². The summed E-state index contributed by atoms with van der Waals surface area (Å²) in [6, 6.07) is 3.59. The minimum atomic E-state index is -0.173. The molecule has 0 aliphatic carbocycles. The minimum Gasteiger partial charge on any atom is -0.377 e. The summed E-state index contributed by atoms with van der Waals surface area (Å²) < 4.78 is 5.57. The van der Waals surface area contributed by atoms with Gasteiger partial charge in [-0.15, -0.1) is 11.3 Å². The van der Waals surface area contributed by atoms with Crippen LogP contribution in [-0.4, -0.2) is 40.8 Å². The van der Waals surface area contributed by atoms with Gasteiger partial charge in [0, 0.05) is 17.8 Å². The van der Waals surface area contributed by atoms with Crippen LogP contribution >= 0.6 is 11.3 Å². The Balaban J connectivity index is 1.97. The van der Waals surface area contributed by atoms with Gasteiger partial charge in [-0.3, -0.25) is 9.89 Å². The summed E-state index contributed by atoms with van der Waals surface area (Å²) in [7, 11) is 0. The molecule has 114 valence electrons. The van der Waals surface area contributed by atoms with Crippen LogP contribution in [0.4, 0.5) is 0 Å². The maximum Gasteiger partial charge on any atom is 0.265 e. The van der Waals surface area contributed by atoms with Crippen LogP contribution in [0.25, 0.3) is 0 Å². The molecular weight excluding hydrogens is 300 g/mol. The number of aryl methyl sites for hydroxylation is 2. The molecule has 0 bridgehead atoms. The summed E-state index contributed by atoms with van der Waals surface area (Å²) in [5, 5.41) is 18.1.